The number of nitrogens with zero attached hydrogens (tertiary/aromatic N) is 2. The normalized spacial score (nSPS) is 19.4. The van der Waals surface area contributed by atoms with E-state index >= 15 is 0 Å². The molecule has 1 fully saturated rings. The lowest BCUT2D eigenvalue weighted by Crippen LogP contribution is -2.50. The SMILES string of the molecule is CN(C)Cc1ccc(C(=O)N2CCOCC2CO)cc1. The fraction of sp³-hybridized carbons (Fsp3) is 0.533. The first-order valence-electron chi connectivity index (χ1n) is 6.85. The summed E-state index contributed by atoms with van der Waals surface area (Å²) >= 11 is 0. The van der Waals surface area contributed by atoms with Crippen LogP contribution in [0.2, 0.25) is 0 Å². The molecule has 1 atom stereocenters. The molecule has 20 heavy (non-hydrogen) atoms. The molecule has 1 amide bonds. The maximum atomic E-state index is 12.5. The van der Waals surface area contributed by atoms with Crippen LogP contribution >= 0.6 is 0 Å². The number of amides is 1. The van der Waals surface area contributed by atoms with E-state index in [1.807, 2.05) is 38.4 Å². The first kappa shape index (κ1) is 15.0. The minimum atomic E-state index is -0.238. The van der Waals surface area contributed by atoms with Crippen LogP contribution in [0.15, 0.2) is 24.3 Å². The maximum absolute atomic E-state index is 12.5. The van der Waals surface area contributed by atoms with Crippen molar-refractivity contribution in [2.45, 2.75) is 12.6 Å². The van der Waals surface area contributed by atoms with Gasteiger partial charge in [-0.1, -0.05) is 12.1 Å². The Morgan fingerprint density at radius 1 is 1.40 bits per heavy atom. The summed E-state index contributed by atoms with van der Waals surface area (Å²) in [5, 5.41) is 9.32. The topological polar surface area (TPSA) is 53.0 Å². The summed E-state index contributed by atoms with van der Waals surface area (Å²) in [6, 6.07) is 7.41. The minimum Gasteiger partial charge on any atom is -0.394 e. The van der Waals surface area contributed by atoms with E-state index in [1.165, 1.54) is 5.56 Å². The van der Waals surface area contributed by atoms with Crippen molar-refractivity contribution in [1.29, 1.82) is 0 Å². The first-order chi connectivity index (χ1) is 9.61. The van der Waals surface area contributed by atoms with Gasteiger partial charge in [-0.2, -0.15) is 0 Å². The van der Waals surface area contributed by atoms with Crippen molar-refractivity contribution >= 4 is 5.91 Å². The number of hydrogen-bond acceptors (Lipinski definition) is 4. The summed E-state index contributed by atoms with van der Waals surface area (Å²) in [7, 11) is 4.03. The summed E-state index contributed by atoms with van der Waals surface area (Å²) in [6.45, 7) is 2.25. The molecule has 1 unspecified atom stereocenters. The molecule has 0 bridgehead atoms. The zero-order chi connectivity index (χ0) is 14.5. The third-order valence-electron chi connectivity index (χ3n) is 3.40. The molecular formula is C15H22N2O3. The molecule has 1 aromatic carbocycles. The van der Waals surface area contributed by atoms with Crippen LogP contribution in [0.5, 0.6) is 0 Å². The summed E-state index contributed by atoms with van der Waals surface area (Å²) in [6.07, 6.45) is 0. The molecule has 1 heterocycles. The van der Waals surface area contributed by atoms with Crippen molar-refractivity contribution in [3.63, 3.8) is 0 Å². The highest BCUT2D eigenvalue weighted by Gasteiger charge is 2.27. The second-order valence-corrected chi connectivity index (χ2v) is 5.34. The molecule has 0 aliphatic carbocycles. The zero-order valence-corrected chi connectivity index (χ0v) is 12.1. The molecule has 1 aliphatic heterocycles. The molecular weight excluding hydrogens is 256 g/mol. The van der Waals surface area contributed by atoms with Crippen molar-refractivity contribution in [2.75, 3.05) is 40.5 Å². The van der Waals surface area contributed by atoms with Gasteiger partial charge in [0.1, 0.15) is 0 Å². The zero-order valence-electron chi connectivity index (χ0n) is 12.1. The molecule has 2 rings (SSSR count). The monoisotopic (exact) mass is 278 g/mol. The Labute approximate surface area is 119 Å². The van der Waals surface area contributed by atoms with Gasteiger partial charge in [-0.3, -0.25) is 4.79 Å². The van der Waals surface area contributed by atoms with Crippen molar-refractivity contribution in [3.8, 4) is 0 Å². The molecule has 0 radical (unpaired) electrons. The number of carbonyl (C=O) groups is 1. The Kier molecular flexibility index (Phi) is 5.11. The second-order valence-electron chi connectivity index (χ2n) is 5.34. The van der Waals surface area contributed by atoms with Gasteiger partial charge in [-0.15, -0.1) is 0 Å². The quantitative estimate of drug-likeness (QED) is 0.875. The molecule has 1 N–H and O–H groups in total. The van der Waals surface area contributed by atoms with Crippen LogP contribution in [0.25, 0.3) is 0 Å². The minimum absolute atomic E-state index is 0.0382. The number of benzene rings is 1. The lowest BCUT2D eigenvalue weighted by atomic mass is 10.1. The number of morpholine rings is 1. The lowest BCUT2D eigenvalue weighted by Gasteiger charge is -2.34. The number of hydrogen-bond donors (Lipinski definition) is 1. The standard InChI is InChI=1S/C15H22N2O3/c1-16(2)9-12-3-5-13(6-4-12)15(19)17-7-8-20-11-14(17)10-18/h3-6,14,18H,7-11H2,1-2H3. The largest absolute Gasteiger partial charge is 0.394 e. The summed E-state index contributed by atoms with van der Waals surface area (Å²) in [5.74, 6) is -0.0382. The molecule has 1 saturated heterocycles. The number of ether oxygens (including phenoxy) is 1. The van der Waals surface area contributed by atoms with E-state index in [4.69, 9.17) is 4.74 Å². The average Bonchev–Trinajstić information content (AvgIpc) is 2.46. The highest BCUT2D eigenvalue weighted by atomic mass is 16.5. The number of aliphatic hydroxyl groups is 1. The van der Waals surface area contributed by atoms with Gasteiger partial charge < -0.3 is 19.6 Å². The fourth-order valence-corrected chi connectivity index (χ4v) is 2.36. The van der Waals surface area contributed by atoms with Crippen LogP contribution in [0, 0.1) is 0 Å². The maximum Gasteiger partial charge on any atom is 0.254 e. The third kappa shape index (κ3) is 3.56. The highest BCUT2D eigenvalue weighted by molar-refractivity contribution is 5.94. The number of carbonyl (C=O) groups excluding carboxylic acids is 1. The summed E-state index contributed by atoms with van der Waals surface area (Å²) in [5.41, 5.74) is 1.83. The third-order valence-corrected chi connectivity index (χ3v) is 3.40. The van der Waals surface area contributed by atoms with Crippen molar-refractivity contribution < 1.29 is 14.6 Å². The molecule has 5 nitrogen and oxygen atoms in total. The van der Waals surface area contributed by atoms with Crippen LogP contribution in [0.4, 0.5) is 0 Å². The van der Waals surface area contributed by atoms with Crippen molar-refractivity contribution in [2.24, 2.45) is 0 Å². The Balaban J connectivity index is 2.08. The van der Waals surface area contributed by atoms with Crippen LogP contribution in [0.1, 0.15) is 15.9 Å². The summed E-state index contributed by atoms with van der Waals surface area (Å²) < 4.78 is 5.29. The molecule has 0 aromatic heterocycles. The smallest absolute Gasteiger partial charge is 0.254 e. The van der Waals surface area contributed by atoms with Gasteiger partial charge in [0.15, 0.2) is 0 Å². The van der Waals surface area contributed by atoms with E-state index in [2.05, 4.69) is 4.90 Å². The average molecular weight is 278 g/mol. The molecule has 1 aliphatic rings. The predicted octanol–water partition coefficient (Wildman–Crippen LogP) is 0.581. The van der Waals surface area contributed by atoms with E-state index in [0.717, 1.165) is 6.54 Å². The lowest BCUT2D eigenvalue weighted by molar-refractivity contribution is -0.0183. The Hall–Kier alpha value is -1.43. The van der Waals surface area contributed by atoms with Crippen LogP contribution in [-0.2, 0) is 11.3 Å². The van der Waals surface area contributed by atoms with Crippen LogP contribution in [0.3, 0.4) is 0 Å². The number of rotatable bonds is 4. The van der Waals surface area contributed by atoms with E-state index < -0.39 is 0 Å². The molecule has 1 aromatic rings. The fourth-order valence-electron chi connectivity index (χ4n) is 2.36. The highest BCUT2D eigenvalue weighted by Crippen LogP contribution is 2.14. The second kappa shape index (κ2) is 6.83. The van der Waals surface area contributed by atoms with Gasteiger partial charge in [-0.05, 0) is 31.8 Å². The number of aliphatic hydroxyl groups excluding tert-OH is 1. The van der Waals surface area contributed by atoms with E-state index in [1.54, 1.807) is 4.90 Å². The Bertz CT molecular complexity index is 445. The summed E-state index contributed by atoms with van der Waals surface area (Å²) in [4.78, 5) is 16.2. The van der Waals surface area contributed by atoms with Gasteiger partial charge in [0.05, 0.1) is 25.9 Å². The molecule has 0 saturated carbocycles. The predicted molar refractivity (Wildman–Crippen MR) is 76.6 cm³/mol. The van der Waals surface area contributed by atoms with E-state index in [0.29, 0.717) is 25.3 Å². The molecule has 0 spiro atoms. The van der Waals surface area contributed by atoms with E-state index in [9.17, 15) is 9.90 Å². The van der Waals surface area contributed by atoms with Gasteiger partial charge in [0.2, 0.25) is 0 Å². The molecule has 5 heteroatoms. The Morgan fingerprint density at radius 2 is 2.10 bits per heavy atom. The Morgan fingerprint density at radius 3 is 2.70 bits per heavy atom. The van der Waals surface area contributed by atoms with E-state index in [-0.39, 0.29) is 18.6 Å². The van der Waals surface area contributed by atoms with Crippen molar-refractivity contribution in [1.82, 2.24) is 9.80 Å². The molecule has 110 valence electrons. The van der Waals surface area contributed by atoms with Gasteiger partial charge in [-0.25, -0.2) is 0 Å². The van der Waals surface area contributed by atoms with Crippen LogP contribution < -0.4 is 0 Å². The van der Waals surface area contributed by atoms with Crippen molar-refractivity contribution in [3.05, 3.63) is 35.4 Å². The van der Waals surface area contributed by atoms with Crippen LogP contribution in [-0.4, -0.2) is 67.3 Å². The van der Waals surface area contributed by atoms with Gasteiger partial charge in [0, 0.05) is 18.7 Å². The van der Waals surface area contributed by atoms with Gasteiger partial charge in [0.25, 0.3) is 5.91 Å². The van der Waals surface area contributed by atoms with Gasteiger partial charge >= 0.3 is 0 Å². The first-order valence-corrected chi connectivity index (χ1v) is 6.85.